The first-order chi connectivity index (χ1) is 11.2. The van der Waals surface area contributed by atoms with E-state index in [2.05, 4.69) is 9.80 Å². The Morgan fingerprint density at radius 1 is 0.739 bits per heavy atom. The van der Waals surface area contributed by atoms with Crippen molar-refractivity contribution < 1.29 is 8.78 Å². The third kappa shape index (κ3) is 2.89. The van der Waals surface area contributed by atoms with Crippen LogP contribution in [0.15, 0.2) is 36.4 Å². The molecule has 0 saturated heterocycles. The summed E-state index contributed by atoms with van der Waals surface area (Å²) in [5, 5.41) is 0. The molecule has 2 aliphatic rings. The largest absolute Gasteiger partial charge is 0.286 e. The van der Waals surface area contributed by atoms with Crippen molar-refractivity contribution in [2.45, 2.75) is 25.9 Å². The van der Waals surface area contributed by atoms with Gasteiger partial charge in [0.15, 0.2) is 0 Å². The average Bonchev–Trinajstić information content (AvgIpc) is 2.55. The van der Waals surface area contributed by atoms with Crippen molar-refractivity contribution >= 4 is 0 Å². The molecule has 0 amide bonds. The molecule has 0 spiro atoms. The van der Waals surface area contributed by atoms with E-state index in [1.54, 1.807) is 24.3 Å². The lowest BCUT2D eigenvalue weighted by atomic mass is 9.98. The summed E-state index contributed by atoms with van der Waals surface area (Å²) in [5.41, 5.74) is 3.93. The molecule has 4 heteroatoms. The Kier molecular flexibility index (Phi) is 3.87. The van der Waals surface area contributed by atoms with Gasteiger partial charge >= 0.3 is 0 Å². The van der Waals surface area contributed by atoms with Gasteiger partial charge in [-0.25, -0.2) is 8.78 Å². The van der Waals surface area contributed by atoms with Crippen LogP contribution in [0.2, 0.25) is 0 Å². The van der Waals surface area contributed by atoms with E-state index in [4.69, 9.17) is 0 Å². The molecule has 0 saturated carbocycles. The fourth-order valence-corrected chi connectivity index (χ4v) is 3.77. The number of rotatable bonds is 2. The van der Waals surface area contributed by atoms with Crippen molar-refractivity contribution in [3.63, 3.8) is 0 Å². The van der Waals surface area contributed by atoms with Gasteiger partial charge in [-0.15, -0.1) is 0 Å². The number of halogens is 2. The van der Waals surface area contributed by atoms with E-state index in [1.807, 2.05) is 12.1 Å². The first-order valence-corrected chi connectivity index (χ1v) is 8.18. The van der Waals surface area contributed by atoms with Crippen LogP contribution < -0.4 is 0 Å². The van der Waals surface area contributed by atoms with Crippen molar-refractivity contribution in [2.24, 2.45) is 0 Å². The van der Waals surface area contributed by atoms with Crippen molar-refractivity contribution in [2.75, 3.05) is 19.8 Å². The Morgan fingerprint density at radius 3 is 1.70 bits per heavy atom. The van der Waals surface area contributed by atoms with E-state index in [0.29, 0.717) is 0 Å². The number of fused-ring (bicyclic) bond motifs is 2. The minimum absolute atomic E-state index is 0.0791. The first-order valence-electron chi connectivity index (χ1n) is 8.18. The molecule has 2 aromatic carbocycles. The summed E-state index contributed by atoms with van der Waals surface area (Å²) >= 11 is 0. The predicted octanol–water partition coefficient (Wildman–Crippen LogP) is 3.34. The van der Waals surface area contributed by atoms with Gasteiger partial charge in [-0.1, -0.05) is 24.3 Å². The van der Waals surface area contributed by atoms with E-state index < -0.39 is 0 Å². The molecule has 0 bridgehead atoms. The van der Waals surface area contributed by atoms with Crippen molar-refractivity contribution in [1.29, 1.82) is 0 Å². The monoisotopic (exact) mass is 314 g/mol. The molecule has 120 valence electrons. The van der Waals surface area contributed by atoms with Crippen molar-refractivity contribution in [3.05, 3.63) is 70.3 Å². The highest BCUT2D eigenvalue weighted by atomic mass is 19.1. The van der Waals surface area contributed by atoms with Gasteiger partial charge in [0.25, 0.3) is 0 Å². The molecule has 4 rings (SSSR count). The van der Waals surface area contributed by atoms with E-state index in [0.717, 1.165) is 67.9 Å². The minimum atomic E-state index is -0.0791. The molecule has 2 nitrogen and oxygen atoms in total. The van der Waals surface area contributed by atoms with E-state index in [-0.39, 0.29) is 11.6 Å². The van der Waals surface area contributed by atoms with Gasteiger partial charge in [-0.3, -0.25) is 9.80 Å². The van der Waals surface area contributed by atoms with Crippen molar-refractivity contribution in [1.82, 2.24) is 9.80 Å². The summed E-state index contributed by atoms with van der Waals surface area (Å²) in [4.78, 5) is 4.71. The van der Waals surface area contributed by atoms with Crippen LogP contribution >= 0.6 is 0 Å². The van der Waals surface area contributed by atoms with E-state index >= 15 is 0 Å². The Bertz CT molecular complexity index is 668. The van der Waals surface area contributed by atoms with Gasteiger partial charge in [-0.05, 0) is 47.2 Å². The average molecular weight is 314 g/mol. The van der Waals surface area contributed by atoms with Crippen LogP contribution in [0.25, 0.3) is 0 Å². The molecule has 2 aliphatic heterocycles. The first kappa shape index (κ1) is 14.8. The number of nitrogens with zero attached hydrogens (tertiary/aromatic N) is 2. The minimum Gasteiger partial charge on any atom is -0.286 e. The smallest absolute Gasteiger partial charge is 0.126 e. The molecule has 0 atom stereocenters. The summed E-state index contributed by atoms with van der Waals surface area (Å²) in [7, 11) is 0. The molecule has 0 N–H and O–H groups in total. The Hall–Kier alpha value is -1.78. The van der Waals surface area contributed by atoms with E-state index in [1.165, 1.54) is 0 Å². The Morgan fingerprint density at radius 2 is 1.22 bits per heavy atom. The highest BCUT2D eigenvalue weighted by Crippen LogP contribution is 2.24. The van der Waals surface area contributed by atoms with Crippen LogP contribution in [-0.2, 0) is 25.9 Å². The molecule has 0 fully saturated rings. The highest BCUT2D eigenvalue weighted by Gasteiger charge is 2.23. The second kappa shape index (κ2) is 6.02. The summed E-state index contributed by atoms with van der Waals surface area (Å²) < 4.78 is 27.6. The summed E-state index contributed by atoms with van der Waals surface area (Å²) in [6.45, 7) is 4.19. The fraction of sp³-hybridized carbons (Fsp3) is 0.368. The summed E-state index contributed by atoms with van der Waals surface area (Å²) in [6, 6.07) is 10.7. The summed E-state index contributed by atoms with van der Waals surface area (Å²) in [6.07, 6.45) is 1.53. The molecule has 0 aliphatic carbocycles. The van der Waals surface area contributed by atoms with Gasteiger partial charge < -0.3 is 0 Å². The van der Waals surface area contributed by atoms with Gasteiger partial charge in [0, 0.05) is 26.2 Å². The molecule has 2 heterocycles. The molecular weight excluding hydrogens is 294 g/mol. The fourth-order valence-electron chi connectivity index (χ4n) is 3.77. The van der Waals surface area contributed by atoms with Gasteiger partial charge in [0.1, 0.15) is 11.6 Å². The molecular formula is C19H20F2N2. The second-order valence-electron chi connectivity index (χ2n) is 6.50. The zero-order chi connectivity index (χ0) is 15.8. The van der Waals surface area contributed by atoms with E-state index in [9.17, 15) is 8.78 Å². The molecule has 23 heavy (non-hydrogen) atoms. The second-order valence-corrected chi connectivity index (χ2v) is 6.50. The molecule has 2 aromatic rings. The number of hydrogen-bond acceptors (Lipinski definition) is 2. The van der Waals surface area contributed by atoms with Crippen LogP contribution in [0.4, 0.5) is 8.78 Å². The molecule has 0 aromatic heterocycles. The topological polar surface area (TPSA) is 6.48 Å². The van der Waals surface area contributed by atoms with Gasteiger partial charge in [-0.2, -0.15) is 0 Å². The van der Waals surface area contributed by atoms with Crippen LogP contribution in [0.3, 0.4) is 0 Å². The lowest BCUT2D eigenvalue weighted by Gasteiger charge is -2.36. The number of benzene rings is 2. The zero-order valence-electron chi connectivity index (χ0n) is 13.1. The summed E-state index contributed by atoms with van der Waals surface area (Å²) in [5.74, 6) is -0.158. The van der Waals surface area contributed by atoms with Crippen molar-refractivity contribution in [3.8, 4) is 0 Å². The maximum absolute atomic E-state index is 13.8. The van der Waals surface area contributed by atoms with Crippen LogP contribution in [0.5, 0.6) is 0 Å². The lowest BCUT2D eigenvalue weighted by Crippen LogP contribution is -2.43. The maximum Gasteiger partial charge on any atom is 0.126 e. The van der Waals surface area contributed by atoms with Gasteiger partial charge in [0.2, 0.25) is 0 Å². The predicted molar refractivity (Wildman–Crippen MR) is 85.9 cm³/mol. The standard InChI is InChI=1S/C19H20F2N2/c20-18-5-1-3-14-11-22(9-7-16(14)18)13-23-10-8-17-15(12-23)4-2-6-19(17)21/h1-6H,7-13H2. The number of hydrogen-bond donors (Lipinski definition) is 0. The Labute approximate surface area is 135 Å². The third-order valence-electron chi connectivity index (χ3n) is 4.98. The third-order valence-corrected chi connectivity index (χ3v) is 4.98. The normalized spacial score (nSPS) is 18.5. The quantitative estimate of drug-likeness (QED) is 0.839. The van der Waals surface area contributed by atoms with Crippen LogP contribution in [-0.4, -0.2) is 29.6 Å². The lowest BCUT2D eigenvalue weighted by molar-refractivity contribution is 0.108. The SMILES string of the molecule is Fc1cccc2c1CCN(CN1CCc3c(F)cccc3C1)C2. The van der Waals surface area contributed by atoms with Gasteiger partial charge in [0.05, 0.1) is 6.67 Å². The highest BCUT2D eigenvalue weighted by molar-refractivity contribution is 5.32. The maximum atomic E-state index is 13.8. The molecule has 0 unspecified atom stereocenters. The van der Waals surface area contributed by atoms with Crippen LogP contribution in [0, 0.1) is 11.6 Å². The Balaban J connectivity index is 1.44. The van der Waals surface area contributed by atoms with Crippen LogP contribution in [0.1, 0.15) is 22.3 Å². The zero-order valence-corrected chi connectivity index (χ0v) is 13.1. The molecule has 0 radical (unpaired) electrons.